The van der Waals surface area contributed by atoms with Crippen LogP contribution >= 0.6 is 0 Å². The minimum atomic E-state index is 0.818. The molecule has 1 fully saturated rings. The van der Waals surface area contributed by atoms with Crippen LogP contribution in [-0.2, 0) is 0 Å². The van der Waals surface area contributed by atoms with Crippen LogP contribution in [0.3, 0.4) is 0 Å². The fraction of sp³-hybridized carbons (Fsp3) is 0.292. The van der Waals surface area contributed by atoms with Gasteiger partial charge in [0.1, 0.15) is 17.1 Å². The number of aryl methyl sites for hydroxylation is 2. The van der Waals surface area contributed by atoms with Gasteiger partial charge >= 0.3 is 0 Å². The number of hydrogen-bond donors (Lipinski definition) is 0. The highest BCUT2D eigenvalue weighted by Crippen LogP contribution is 2.30. The molecule has 0 amide bonds. The minimum Gasteiger partial charge on any atom is -0.494 e. The molecule has 0 N–H and O–H groups in total. The summed E-state index contributed by atoms with van der Waals surface area (Å²) in [6.07, 6.45) is 0. The first-order valence-corrected chi connectivity index (χ1v) is 10.3. The standard InChI is InChI=1S/C24H25N5O/c1-16-15-22(27-23-18(16)7-6-10-21(23)30-3)28-11-13-29(14-12-28)24-17(2)25-19-8-4-5-9-20(19)26-24/h4-10,15H,11-14H2,1-3H3. The third kappa shape index (κ3) is 3.18. The van der Waals surface area contributed by atoms with Gasteiger partial charge in [-0.05, 0) is 43.7 Å². The Bertz CT molecular complexity index is 1230. The number of fused-ring (bicyclic) bond motifs is 2. The summed E-state index contributed by atoms with van der Waals surface area (Å²) < 4.78 is 5.54. The molecule has 6 heteroatoms. The van der Waals surface area contributed by atoms with Gasteiger partial charge in [0.05, 0.1) is 23.8 Å². The Balaban J connectivity index is 1.41. The van der Waals surface area contributed by atoms with Crippen LogP contribution < -0.4 is 14.5 Å². The van der Waals surface area contributed by atoms with E-state index in [1.165, 1.54) is 5.56 Å². The second-order valence-electron chi connectivity index (χ2n) is 7.75. The van der Waals surface area contributed by atoms with E-state index in [4.69, 9.17) is 19.7 Å². The van der Waals surface area contributed by atoms with Gasteiger partial charge in [-0.3, -0.25) is 0 Å². The number of piperazine rings is 1. The average Bonchev–Trinajstić information content (AvgIpc) is 2.78. The number of ether oxygens (including phenoxy) is 1. The number of anilines is 2. The zero-order chi connectivity index (χ0) is 20.7. The number of methoxy groups -OCH3 is 1. The lowest BCUT2D eigenvalue weighted by Gasteiger charge is -2.36. The molecule has 2 aromatic carbocycles. The third-order valence-electron chi connectivity index (χ3n) is 5.84. The highest BCUT2D eigenvalue weighted by atomic mass is 16.5. The van der Waals surface area contributed by atoms with Gasteiger partial charge in [-0.25, -0.2) is 15.0 Å². The highest BCUT2D eigenvalue weighted by molar-refractivity contribution is 5.89. The van der Waals surface area contributed by atoms with E-state index in [0.717, 1.165) is 71.2 Å². The van der Waals surface area contributed by atoms with Crippen LogP contribution in [0.1, 0.15) is 11.3 Å². The molecule has 1 saturated heterocycles. The zero-order valence-corrected chi connectivity index (χ0v) is 17.6. The van der Waals surface area contributed by atoms with E-state index in [1.807, 2.05) is 43.3 Å². The maximum Gasteiger partial charge on any atom is 0.150 e. The molecule has 0 bridgehead atoms. The molecule has 3 heterocycles. The Morgan fingerprint density at radius 3 is 2.23 bits per heavy atom. The molecule has 0 radical (unpaired) electrons. The Kier molecular flexibility index (Phi) is 4.62. The molecule has 5 rings (SSSR count). The second kappa shape index (κ2) is 7.44. The van der Waals surface area contributed by atoms with E-state index in [1.54, 1.807) is 7.11 Å². The maximum absolute atomic E-state index is 5.54. The minimum absolute atomic E-state index is 0.818. The SMILES string of the molecule is COc1cccc2c(C)cc(N3CCN(c4nc5ccccc5nc4C)CC3)nc12. The first-order valence-electron chi connectivity index (χ1n) is 10.3. The quantitative estimate of drug-likeness (QED) is 0.516. The molecule has 4 aromatic rings. The van der Waals surface area contributed by atoms with Crippen molar-refractivity contribution >= 4 is 33.6 Å². The fourth-order valence-corrected chi connectivity index (χ4v) is 4.23. The number of pyridine rings is 1. The molecular weight excluding hydrogens is 374 g/mol. The topological polar surface area (TPSA) is 54.4 Å². The smallest absolute Gasteiger partial charge is 0.150 e. The summed E-state index contributed by atoms with van der Waals surface area (Å²) in [7, 11) is 1.70. The van der Waals surface area contributed by atoms with Crippen molar-refractivity contribution in [1.82, 2.24) is 15.0 Å². The normalized spacial score (nSPS) is 14.5. The van der Waals surface area contributed by atoms with Gasteiger partial charge in [-0.2, -0.15) is 0 Å². The molecule has 0 unspecified atom stereocenters. The number of rotatable bonds is 3. The Morgan fingerprint density at radius 1 is 0.800 bits per heavy atom. The van der Waals surface area contributed by atoms with Crippen molar-refractivity contribution in [3.05, 3.63) is 59.8 Å². The first kappa shape index (κ1) is 18.6. The third-order valence-corrected chi connectivity index (χ3v) is 5.84. The van der Waals surface area contributed by atoms with Crippen LogP contribution in [0.15, 0.2) is 48.5 Å². The van der Waals surface area contributed by atoms with Crippen molar-refractivity contribution < 1.29 is 4.74 Å². The Labute approximate surface area is 176 Å². The molecule has 1 aliphatic rings. The van der Waals surface area contributed by atoms with E-state index in [-0.39, 0.29) is 0 Å². The summed E-state index contributed by atoms with van der Waals surface area (Å²) >= 11 is 0. The fourth-order valence-electron chi connectivity index (χ4n) is 4.23. The maximum atomic E-state index is 5.54. The lowest BCUT2D eigenvalue weighted by Crippen LogP contribution is -2.47. The van der Waals surface area contributed by atoms with E-state index in [9.17, 15) is 0 Å². The van der Waals surface area contributed by atoms with Gasteiger partial charge in [0.2, 0.25) is 0 Å². The van der Waals surface area contributed by atoms with Crippen LogP contribution in [0, 0.1) is 13.8 Å². The highest BCUT2D eigenvalue weighted by Gasteiger charge is 2.22. The van der Waals surface area contributed by atoms with Gasteiger partial charge in [0.15, 0.2) is 5.82 Å². The van der Waals surface area contributed by atoms with Gasteiger partial charge in [-0.15, -0.1) is 0 Å². The summed E-state index contributed by atoms with van der Waals surface area (Å²) in [5.41, 5.74) is 5.01. The van der Waals surface area contributed by atoms with E-state index in [2.05, 4.69) is 28.9 Å². The molecule has 30 heavy (non-hydrogen) atoms. The summed E-state index contributed by atoms with van der Waals surface area (Å²) in [4.78, 5) is 19.3. The predicted octanol–water partition coefficient (Wildman–Crippen LogP) is 4.13. The Morgan fingerprint density at radius 2 is 1.50 bits per heavy atom. The van der Waals surface area contributed by atoms with Crippen LogP contribution in [0.25, 0.3) is 21.9 Å². The van der Waals surface area contributed by atoms with E-state index >= 15 is 0 Å². The molecule has 152 valence electrons. The monoisotopic (exact) mass is 399 g/mol. The number of nitrogens with zero attached hydrogens (tertiary/aromatic N) is 5. The van der Waals surface area contributed by atoms with Crippen molar-refractivity contribution in [2.24, 2.45) is 0 Å². The number of para-hydroxylation sites is 3. The molecule has 6 nitrogen and oxygen atoms in total. The zero-order valence-electron chi connectivity index (χ0n) is 17.6. The first-order chi connectivity index (χ1) is 14.6. The van der Waals surface area contributed by atoms with Crippen LogP contribution in [-0.4, -0.2) is 48.2 Å². The average molecular weight is 399 g/mol. The van der Waals surface area contributed by atoms with Gasteiger partial charge in [-0.1, -0.05) is 24.3 Å². The lowest BCUT2D eigenvalue weighted by atomic mass is 10.1. The summed E-state index contributed by atoms with van der Waals surface area (Å²) in [6, 6.07) is 16.3. The van der Waals surface area contributed by atoms with Gasteiger partial charge in [0.25, 0.3) is 0 Å². The van der Waals surface area contributed by atoms with Crippen molar-refractivity contribution in [3.8, 4) is 5.75 Å². The molecule has 0 atom stereocenters. The predicted molar refractivity (Wildman–Crippen MR) is 122 cm³/mol. The van der Waals surface area contributed by atoms with Crippen LogP contribution in [0.2, 0.25) is 0 Å². The molecule has 0 aliphatic carbocycles. The van der Waals surface area contributed by atoms with Crippen LogP contribution in [0.5, 0.6) is 5.75 Å². The molecule has 2 aromatic heterocycles. The van der Waals surface area contributed by atoms with Gasteiger partial charge in [0, 0.05) is 31.6 Å². The number of benzene rings is 2. The molecule has 0 spiro atoms. The second-order valence-corrected chi connectivity index (χ2v) is 7.75. The number of hydrogen-bond acceptors (Lipinski definition) is 6. The van der Waals surface area contributed by atoms with E-state index in [0.29, 0.717) is 0 Å². The lowest BCUT2D eigenvalue weighted by molar-refractivity contribution is 0.419. The molecular formula is C24H25N5O. The molecule has 0 saturated carbocycles. The summed E-state index contributed by atoms with van der Waals surface area (Å²) in [5.74, 6) is 2.81. The van der Waals surface area contributed by atoms with E-state index < -0.39 is 0 Å². The van der Waals surface area contributed by atoms with Crippen LogP contribution in [0.4, 0.5) is 11.6 Å². The van der Waals surface area contributed by atoms with Gasteiger partial charge < -0.3 is 14.5 Å². The Hall–Kier alpha value is -3.41. The van der Waals surface area contributed by atoms with Crippen molar-refractivity contribution in [1.29, 1.82) is 0 Å². The van der Waals surface area contributed by atoms with Crippen molar-refractivity contribution in [2.75, 3.05) is 43.1 Å². The van der Waals surface area contributed by atoms with Crippen molar-refractivity contribution in [3.63, 3.8) is 0 Å². The largest absolute Gasteiger partial charge is 0.494 e. The summed E-state index contributed by atoms with van der Waals surface area (Å²) in [5, 5.41) is 1.14. The summed E-state index contributed by atoms with van der Waals surface area (Å²) in [6.45, 7) is 7.73. The molecule has 1 aliphatic heterocycles. The number of aromatic nitrogens is 3. The van der Waals surface area contributed by atoms with Crippen molar-refractivity contribution in [2.45, 2.75) is 13.8 Å².